The Morgan fingerprint density at radius 3 is 2.68 bits per heavy atom. The predicted octanol–water partition coefficient (Wildman–Crippen LogP) is 4.36. The maximum Gasteiger partial charge on any atom is 0.257 e. The van der Waals surface area contributed by atoms with E-state index in [1.54, 1.807) is 11.3 Å². The molecule has 1 amide bonds. The second-order valence-electron chi connectivity index (χ2n) is 6.85. The number of nitrogens with one attached hydrogen (secondary N) is 1. The lowest BCUT2D eigenvalue weighted by molar-refractivity contribution is 0.102. The first-order valence-electron chi connectivity index (χ1n) is 9.20. The highest BCUT2D eigenvalue weighted by Crippen LogP contribution is 2.32. The van der Waals surface area contributed by atoms with E-state index in [2.05, 4.69) is 36.0 Å². The van der Waals surface area contributed by atoms with Crippen molar-refractivity contribution in [3.63, 3.8) is 0 Å². The van der Waals surface area contributed by atoms with Crippen molar-refractivity contribution in [2.45, 2.75) is 46.6 Å². The van der Waals surface area contributed by atoms with Gasteiger partial charge >= 0.3 is 0 Å². The molecule has 0 saturated carbocycles. The van der Waals surface area contributed by atoms with Crippen LogP contribution in [-0.4, -0.2) is 28.9 Å². The normalized spacial score (nSPS) is 16.7. The fourth-order valence-corrected chi connectivity index (χ4v) is 4.40. The van der Waals surface area contributed by atoms with Crippen LogP contribution in [0.3, 0.4) is 0 Å². The number of aryl methyl sites for hydroxylation is 1. The first-order chi connectivity index (χ1) is 12.1. The largest absolute Gasteiger partial charge is 0.300 e. The van der Waals surface area contributed by atoms with Gasteiger partial charge in [-0.25, -0.2) is 4.98 Å². The Balaban J connectivity index is 1.63. The number of rotatable bonds is 6. The molecule has 0 saturated heterocycles. The minimum absolute atomic E-state index is 0.0754. The van der Waals surface area contributed by atoms with Crippen molar-refractivity contribution in [1.82, 2.24) is 9.88 Å². The molecule has 0 radical (unpaired) electrons. The van der Waals surface area contributed by atoms with Crippen molar-refractivity contribution in [1.29, 1.82) is 0 Å². The molecule has 4 nitrogen and oxygen atoms in total. The zero-order chi connectivity index (χ0) is 17.8. The van der Waals surface area contributed by atoms with Gasteiger partial charge in [-0.05, 0) is 56.0 Å². The zero-order valence-corrected chi connectivity index (χ0v) is 16.2. The van der Waals surface area contributed by atoms with Crippen LogP contribution in [-0.2, 0) is 19.4 Å². The van der Waals surface area contributed by atoms with Gasteiger partial charge in [-0.15, -0.1) is 11.3 Å². The van der Waals surface area contributed by atoms with E-state index in [1.165, 1.54) is 22.6 Å². The van der Waals surface area contributed by atoms with Gasteiger partial charge in [0.25, 0.3) is 5.91 Å². The lowest BCUT2D eigenvalue weighted by Gasteiger charge is -2.17. The molecule has 1 aliphatic rings. The maximum absolute atomic E-state index is 12.5. The molecule has 25 heavy (non-hydrogen) atoms. The molecule has 1 aliphatic carbocycles. The Bertz CT molecular complexity index is 719. The smallest absolute Gasteiger partial charge is 0.257 e. The summed E-state index contributed by atoms with van der Waals surface area (Å²) >= 11 is 1.63. The van der Waals surface area contributed by atoms with Crippen LogP contribution >= 0.6 is 11.3 Å². The zero-order valence-electron chi connectivity index (χ0n) is 15.3. The Morgan fingerprint density at radius 2 is 2.00 bits per heavy atom. The van der Waals surface area contributed by atoms with E-state index in [-0.39, 0.29) is 5.91 Å². The number of thiazole rings is 1. The molecule has 1 aromatic carbocycles. The molecule has 2 aromatic rings. The molecule has 0 aliphatic heterocycles. The highest BCUT2D eigenvalue weighted by molar-refractivity contribution is 7.15. The van der Waals surface area contributed by atoms with E-state index in [1.807, 2.05) is 24.3 Å². The molecule has 5 heteroatoms. The Labute approximate surface area is 154 Å². The standard InChI is InChI=1S/C20H27N3OS/c1-4-23(5-2)13-15-7-9-16(10-8-15)19(24)22-20-21-17-11-6-14(3)12-18(17)25-20/h7-10,14H,4-6,11-13H2,1-3H3,(H,21,22,24). The van der Waals surface area contributed by atoms with Crippen LogP contribution in [0.2, 0.25) is 0 Å². The summed E-state index contributed by atoms with van der Waals surface area (Å²) in [6.07, 6.45) is 3.31. The van der Waals surface area contributed by atoms with Gasteiger partial charge in [0, 0.05) is 17.0 Å². The van der Waals surface area contributed by atoms with Gasteiger partial charge in [0.15, 0.2) is 5.13 Å². The van der Waals surface area contributed by atoms with E-state index >= 15 is 0 Å². The molecule has 1 atom stereocenters. The van der Waals surface area contributed by atoms with Crippen molar-refractivity contribution in [2.75, 3.05) is 18.4 Å². The predicted molar refractivity (Wildman–Crippen MR) is 104 cm³/mol. The lowest BCUT2D eigenvalue weighted by Crippen LogP contribution is -2.22. The molecule has 0 spiro atoms. The van der Waals surface area contributed by atoms with E-state index < -0.39 is 0 Å². The fraction of sp³-hybridized carbons (Fsp3) is 0.500. The van der Waals surface area contributed by atoms with Crippen LogP contribution in [0.5, 0.6) is 0 Å². The van der Waals surface area contributed by atoms with Crippen molar-refractivity contribution in [3.8, 4) is 0 Å². The average Bonchev–Trinajstić information content (AvgIpc) is 3.01. The number of nitrogens with zero attached hydrogens (tertiary/aromatic N) is 2. The van der Waals surface area contributed by atoms with Crippen molar-refractivity contribution >= 4 is 22.4 Å². The van der Waals surface area contributed by atoms with Gasteiger partial charge in [0.1, 0.15) is 0 Å². The molecule has 1 heterocycles. The number of benzene rings is 1. The van der Waals surface area contributed by atoms with Crippen molar-refractivity contribution in [2.24, 2.45) is 5.92 Å². The third-order valence-corrected chi connectivity index (χ3v) is 5.96. The summed E-state index contributed by atoms with van der Waals surface area (Å²) in [6.45, 7) is 9.60. The third-order valence-electron chi connectivity index (χ3n) is 4.92. The molecular formula is C20H27N3OS. The summed E-state index contributed by atoms with van der Waals surface area (Å²) in [6, 6.07) is 7.90. The van der Waals surface area contributed by atoms with E-state index in [4.69, 9.17) is 0 Å². The number of anilines is 1. The van der Waals surface area contributed by atoms with E-state index in [0.29, 0.717) is 5.56 Å². The quantitative estimate of drug-likeness (QED) is 0.835. The van der Waals surface area contributed by atoms with Crippen LogP contribution in [0, 0.1) is 5.92 Å². The molecule has 3 rings (SSSR count). The van der Waals surface area contributed by atoms with Crippen LogP contribution in [0.25, 0.3) is 0 Å². The van der Waals surface area contributed by atoms with Gasteiger partial charge in [-0.3, -0.25) is 15.0 Å². The highest BCUT2D eigenvalue weighted by Gasteiger charge is 2.20. The summed E-state index contributed by atoms with van der Waals surface area (Å²) in [5.41, 5.74) is 3.09. The fourth-order valence-electron chi connectivity index (χ4n) is 3.23. The number of carbonyl (C=O) groups excluding carboxylic acids is 1. The number of hydrogen-bond donors (Lipinski definition) is 1. The Kier molecular flexibility index (Phi) is 5.86. The number of carbonyl (C=O) groups is 1. The van der Waals surface area contributed by atoms with Crippen molar-refractivity contribution in [3.05, 3.63) is 46.0 Å². The SMILES string of the molecule is CCN(CC)Cc1ccc(C(=O)Nc2nc3c(s2)CC(C)CC3)cc1. The van der Waals surface area contributed by atoms with Gasteiger partial charge in [0.2, 0.25) is 0 Å². The van der Waals surface area contributed by atoms with E-state index in [0.717, 1.165) is 43.5 Å². The number of hydrogen-bond acceptors (Lipinski definition) is 4. The summed E-state index contributed by atoms with van der Waals surface area (Å²) in [5, 5.41) is 3.70. The van der Waals surface area contributed by atoms with Gasteiger partial charge in [0.05, 0.1) is 5.69 Å². The number of fused-ring (bicyclic) bond motifs is 1. The molecule has 1 N–H and O–H groups in total. The maximum atomic E-state index is 12.5. The minimum Gasteiger partial charge on any atom is -0.300 e. The summed E-state index contributed by atoms with van der Waals surface area (Å²) in [5.74, 6) is 0.642. The minimum atomic E-state index is -0.0754. The first kappa shape index (κ1) is 18.1. The van der Waals surface area contributed by atoms with Crippen LogP contribution in [0.15, 0.2) is 24.3 Å². The van der Waals surface area contributed by atoms with Crippen LogP contribution in [0.4, 0.5) is 5.13 Å². The molecule has 0 bridgehead atoms. The highest BCUT2D eigenvalue weighted by atomic mass is 32.1. The lowest BCUT2D eigenvalue weighted by atomic mass is 9.93. The van der Waals surface area contributed by atoms with Gasteiger partial charge in [-0.1, -0.05) is 32.9 Å². The van der Waals surface area contributed by atoms with E-state index in [9.17, 15) is 4.79 Å². The van der Waals surface area contributed by atoms with Gasteiger partial charge < -0.3 is 0 Å². The number of amides is 1. The summed E-state index contributed by atoms with van der Waals surface area (Å²) in [7, 11) is 0. The second-order valence-corrected chi connectivity index (χ2v) is 7.93. The Morgan fingerprint density at radius 1 is 1.28 bits per heavy atom. The Hall–Kier alpha value is -1.72. The number of aromatic nitrogens is 1. The molecule has 1 unspecified atom stereocenters. The summed E-state index contributed by atoms with van der Waals surface area (Å²) in [4.78, 5) is 20.8. The molecule has 0 fully saturated rings. The van der Waals surface area contributed by atoms with Crippen LogP contribution in [0.1, 0.15) is 53.7 Å². The molecular weight excluding hydrogens is 330 g/mol. The van der Waals surface area contributed by atoms with Crippen LogP contribution < -0.4 is 5.32 Å². The molecule has 1 aromatic heterocycles. The van der Waals surface area contributed by atoms with Crippen molar-refractivity contribution < 1.29 is 4.79 Å². The summed E-state index contributed by atoms with van der Waals surface area (Å²) < 4.78 is 0. The third kappa shape index (κ3) is 4.47. The topological polar surface area (TPSA) is 45.2 Å². The molecule has 134 valence electrons. The van der Waals surface area contributed by atoms with Gasteiger partial charge in [-0.2, -0.15) is 0 Å². The monoisotopic (exact) mass is 357 g/mol. The first-order valence-corrected chi connectivity index (χ1v) is 10.0. The second kappa shape index (κ2) is 8.11. The average molecular weight is 358 g/mol.